The van der Waals surface area contributed by atoms with Crippen LogP contribution in [0.4, 0.5) is 0 Å². The molecule has 27 heavy (non-hydrogen) atoms. The van der Waals surface area contributed by atoms with E-state index in [-0.39, 0.29) is 0 Å². The van der Waals surface area contributed by atoms with Crippen LogP contribution in [-0.4, -0.2) is 70.6 Å². The molecule has 11 heteroatoms. The maximum Gasteiger partial charge on any atom is 0.303 e. The van der Waals surface area contributed by atoms with Crippen LogP contribution in [0.25, 0.3) is 0 Å². The third-order valence-corrected chi connectivity index (χ3v) is 4.31. The molecular weight excluding hydrogens is 432 g/mol. The summed E-state index contributed by atoms with van der Waals surface area (Å²) in [6, 6.07) is 0. The van der Waals surface area contributed by atoms with E-state index >= 15 is 0 Å². The molecule has 0 bridgehead atoms. The van der Waals surface area contributed by atoms with Crippen LogP contribution in [0.1, 0.15) is 34.6 Å². The summed E-state index contributed by atoms with van der Waals surface area (Å²) in [6.45, 7) is 5.58. The Morgan fingerprint density at radius 3 is 1.85 bits per heavy atom. The summed E-state index contributed by atoms with van der Waals surface area (Å²) in [4.78, 5) is 45.1. The molecule has 1 N–H and O–H groups in total. The predicted octanol–water partition coefficient (Wildman–Crippen LogP) is 0.215. The Balaban J connectivity index is 3.41. The highest BCUT2D eigenvalue weighted by atomic mass is 79.9. The number of carbonyl (C=O) groups excluding carboxylic acids is 4. The molecule has 154 valence electrons. The van der Waals surface area contributed by atoms with Crippen LogP contribution >= 0.6 is 15.9 Å². The normalized spacial score (nSPS) is 31.4. The Kier molecular flexibility index (Phi) is 8.18. The summed E-state index contributed by atoms with van der Waals surface area (Å²) < 4.78 is 26.1. The van der Waals surface area contributed by atoms with Crippen LogP contribution in [0.2, 0.25) is 0 Å². The van der Waals surface area contributed by atoms with Gasteiger partial charge in [0.25, 0.3) is 0 Å². The molecule has 0 aromatic heterocycles. The molecule has 1 unspecified atom stereocenters. The monoisotopic (exact) mass is 454 g/mol. The first-order chi connectivity index (χ1) is 12.4. The van der Waals surface area contributed by atoms with Gasteiger partial charge in [-0.05, 0) is 6.92 Å². The fourth-order valence-corrected chi connectivity index (χ4v) is 3.00. The smallest absolute Gasteiger partial charge is 0.303 e. The maximum atomic E-state index is 11.6. The van der Waals surface area contributed by atoms with Gasteiger partial charge in [0.05, 0.1) is 4.83 Å². The summed E-state index contributed by atoms with van der Waals surface area (Å²) in [7, 11) is 0. The summed E-state index contributed by atoms with van der Waals surface area (Å²) in [5.74, 6) is -5.11. The third kappa shape index (κ3) is 6.15. The van der Waals surface area contributed by atoms with E-state index in [1.807, 2.05) is 0 Å². The zero-order valence-electron chi connectivity index (χ0n) is 15.6. The Hall–Kier alpha value is -1.72. The van der Waals surface area contributed by atoms with Gasteiger partial charge in [-0.3, -0.25) is 19.2 Å². The van der Waals surface area contributed by atoms with Gasteiger partial charge in [-0.15, -0.1) is 0 Å². The topological polar surface area (TPSA) is 135 Å². The van der Waals surface area contributed by atoms with Crippen LogP contribution in [0.15, 0.2) is 0 Å². The fraction of sp³-hybridized carbons (Fsp3) is 0.750. The van der Waals surface area contributed by atoms with Crippen molar-refractivity contribution in [2.24, 2.45) is 0 Å². The first kappa shape index (κ1) is 23.3. The third-order valence-electron chi connectivity index (χ3n) is 3.65. The molecule has 1 rings (SSSR count). The van der Waals surface area contributed by atoms with Gasteiger partial charge in [-0.25, -0.2) is 0 Å². The molecule has 0 amide bonds. The maximum absolute atomic E-state index is 11.6. The highest BCUT2D eigenvalue weighted by Crippen LogP contribution is 2.38. The van der Waals surface area contributed by atoms with Gasteiger partial charge in [0.1, 0.15) is 12.7 Å². The Labute approximate surface area is 164 Å². The summed E-state index contributed by atoms with van der Waals surface area (Å²) >= 11 is 3.17. The molecule has 6 atom stereocenters. The Morgan fingerprint density at radius 1 is 0.963 bits per heavy atom. The summed E-state index contributed by atoms with van der Waals surface area (Å²) in [5, 5.41) is 11.0. The van der Waals surface area contributed by atoms with Crippen molar-refractivity contribution in [3.8, 4) is 0 Å². The van der Waals surface area contributed by atoms with Gasteiger partial charge in [-0.1, -0.05) is 15.9 Å². The molecule has 1 heterocycles. The largest absolute Gasteiger partial charge is 0.463 e. The minimum Gasteiger partial charge on any atom is -0.463 e. The lowest BCUT2D eigenvalue weighted by molar-refractivity contribution is -0.349. The Bertz CT molecular complexity index is 592. The molecule has 10 nitrogen and oxygen atoms in total. The molecule has 0 radical (unpaired) electrons. The van der Waals surface area contributed by atoms with Crippen molar-refractivity contribution in [2.45, 2.75) is 69.6 Å². The molecular formula is C16H23BrO10. The highest BCUT2D eigenvalue weighted by molar-refractivity contribution is 9.09. The molecule has 1 fully saturated rings. The number of ether oxygens (including phenoxy) is 5. The fourth-order valence-electron chi connectivity index (χ4n) is 2.63. The van der Waals surface area contributed by atoms with Crippen molar-refractivity contribution in [2.75, 3.05) is 6.61 Å². The van der Waals surface area contributed by atoms with E-state index in [1.54, 1.807) is 0 Å². The van der Waals surface area contributed by atoms with Crippen molar-refractivity contribution in [1.82, 2.24) is 0 Å². The molecule has 0 aromatic rings. The van der Waals surface area contributed by atoms with Gasteiger partial charge in [0.15, 0.2) is 18.3 Å². The van der Waals surface area contributed by atoms with Crippen LogP contribution in [0.5, 0.6) is 0 Å². The molecule has 1 aliphatic rings. The average molecular weight is 455 g/mol. The van der Waals surface area contributed by atoms with Crippen LogP contribution in [-0.2, 0) is 42.9 Å². The summed E-state index contributed by atoms with van der Waals surface area (Å²) in [6.07, 6.45) is -5.43. The first-order valence-electron chi connectivity index (χ1n) is 8.07. The highest BCUT2D eigenvalue weighted by Gasteiger charge is 2.61. The second-order valence-corrected chi connectivity index (χ2v) is 7.38. The average Bonchev–Trinajstić information content (AvgIpc) is 2.50. The van der Waals surface area contributed by atoms with E-state index in [0.29, 0.717) is 0 Å². The van der Waals surface area contributed by atoms with E-state index in [1.165, 1.54) is 6.92 Å². The second kappa shape index (κ2) is 9.47. The van der Waals surface area contributed by atoms with Gasteiger partial charge >= 0.3 is 23.9 Å². The van der Waals surface area contributed by atoms with E-state index in [4.69, 9.17) is 23.7 Å². The lowest BCUT2D eigenvalue weighted by atomic mass is 9.90. The molecule has 1 saturated heterocycles. The minimum absolute atomic E-state index is 0.403. The number of esters is 4. The van der Waals surface area contributed by atoms with Crippen LogP contribution in [0.3, 0.4) is 0 Å². The molecule has 0 aliphatic carbocycles. The number of alkyl halides is 1. The van der Waals surface area contributed by atoms with E-state index in [9.17, 15) is 24.3 Å². The second-order valence-electron chi connectivity index (χ2n) is 6.00. The lowest BCUT2D eigenvalue weighted by Crippen LogP contribution is -2.70. The van der Waals surface area contributed by atoms with E-state index in [2.05, 4.69) is 15.9 Å². The number of hydrogen-bond donors (Lipinski definition) is 1. The number of halogens is 1. The number of hydrogen-bond acceptors (Lipinski definition) is 10. The van der Waals surface area contributed by atoms with Gasteiger partial charge in [0.2, 0.25) is 5.79 Å². The number of rotatable bonds is 6. The first-order valence-corrected chi connectivity index (χ1v) is 8.99. The quantitative estimate of drug-likeness (QED) is 0.337. The van der Waals surface area contributed by atoms with Gasteiger partial charge in [0, 0.05) is 27.7 Å². The van der Waals surface area contributed by atoms with Crippen LogP contribution < -0.4 is 0 Å². The van der Waals surface area contributed by atoms with Crippen LogP contribution in [0, 0.1) is 0 Å². The van der Waals surface area contributed by atoms with Gasteiger partial charge in [-0.2, -0.15) is 0 Å². The number of aliphatic hydroxyl groups is 1. The standard InChI is InChI=1S/C16H23BrO10/c1-7(17)16(22)15(26-11(5)21)14(25-10(4)20)13(24-9(3)19)12(27-16)6-23-8(2)18/h7,12-15,22H,6H2,1-5H3/t7?,12-,13-,14+,15-,16-/m1/s1. The van der Waals surface area contributed by atoms with Crippen molar-refractivity contribution < 1.29 is 48.0 Å². The molecule has 1 aliphatic heterocycles. The van der Waals surface area contributed by atoms with Crippen molar-refractivity contribution in [3.05, 3.63) is 0 Å². The Morgan fingerprint density at radius 2 is 1.44 bits per heavy atom. The summed E-state index contributed by atoms with van der Waals surface area (Å²) in [5.41, 5.74) is 0. The number of carbonyl (C=O) groups is 4. The SMILES string of the molecule is CC(=O)OC[C@H]1O[C@](O)(C(C)Br)[C@H](OC(C)=O)[C@@H](OC(C)=O)[C@@H]1OC(C)=O. The van der Waals surface area contributed by atoms with Crippen molar-refractivity contribution in [3.63, 3.8) is 0 Å². The van der Waals surface area contributed by atoms with Crippen molar-refractivity contribution in [1.29, 1.82) is 0 Å². The lowest BCUT2D eigenvalue weighted by Gasteiger charge is -2.49. The van der Waals surface area contributed by atoms with E-state index in [0.717, 1.165) is 27.7 Å². The minimum atomic E-state index is -2.17. The van der Waals surface area contributed by atoms with Gasteiger partial charge < -0.3 is 28.8 Å². The predicted molar refractivity (Wildman–Crippen MR) is 91.5 cm³/mol. The molecule has 0 spiro atoms. The van der Waals surface area contributed by atoms with E-state index < -0.39 is 65.5 Å². The van der Waals surface area contributed by atoms with Crippen molar-refractivity contribution >= 4 is 39.8 Å². The molecule has 0 saturated carbocycles. The zero-order valence-corrected chi connectivity index (χ0v) is 17.2. The zero-order chi connectivity index (χ0) is 20.9. The molecule has 0 aromatic carbocycles.